The van der Waals surface area contributed by atoms with Crippen LogP contribution in [0.4, 0.5) is 0 Å². The summed E-state index contributed by atoms with van der Waals surface area (Å²) in [6.45, 7) is 7.41. The van der Waals surface area contributed by atoms with Crippen molar-refractivity contribution in [1.29, 1.82) is 0 Å². The fourth-order valence-corrected chi connectivity index (χ4v) is 1.33. The Morgan fingerprint density at radius 2 is 2.21 bits per heavy atom. The molecule has 14 heavy (non-hydrogen) atoms. The maximum atomic E-state index is 11.2. The zero-order chi connectivity index (χ0) is 10.6. The molecule has 1 saturated heterocycles. The number of carbonyl (C=O) groups is 1. The number of rotatable bonds is 3. The van der Waals surface area contributed by atoms with E-state index in [1.165, 1.54) is 0 Å². The molecule has 1 aliphatic rings. The fourth-order valence-electron chi connectivity index (χ4n) is 1.33. The van der Waals surface area contributed by atoms with E-state index in [-0.39, 0.29) is 18.7 Å². The molecule has 1 aliphatic heterocycles. The molecule has 4 nitrogen and oxygen atoms in total. The van der Waals surface area contributed by atoms with Gasteiger partial charge in [0.15, 0.2) is 0 Å². The molecular formula is C10H19NO3. The third kappa shape index (κ3) is 4.58. The number of hydrogen-bond donors (Lipinski definition) is 1. The minimum absolute atomic E-state index is 0.0591. The first kappa shape index (κ1) is 11.5. The van der Waals surface area contributed by atoms with Gasteiger partial charge in [0.25, 0.3) is 0 Å². The standard InChI is InChI=1S/C10H19NO3/c1-10(2,3)14-9(12)7-13-8-4-5-11-6-8/h8,11H,4-7H2,1-3H3/t8-/m0/s1. The van der Waals surface area contributed by atoms with E-state index in [2.05, 4.69) is 5.32 Å². The molecule has 1 rings (SSSR count). The van der Waals surface area contributed by atoms with E-state index < -0.39 is 5.60 Å². The summed E-state index contributed by atoms with van der Waals surface area (Å²) in [5.74, 6) is -0.288. The highest BCUT2D eigenvalue weighted by Gasteiger charge is 2.19. The number of nitrogens with one attached hydrogen (secondary N) is 1. The van der Waals surface area contributed by atoms with Gasteiger partial charge in [0.05, 0.1) is 6.10 Å². The topological polar surface area (TPSA) is 47.6 Å². The molecule has 0 unspecified atom stereocenters. The van der Waals surface area contributed by atoms with Crippen LogP contribution in [0.2, 0.25) is 0 Å². The number of carbonyl (C=O) groups excluding carboxylic acids is 1. The first-order valence-electron chi connectivity index (χ1n) is 5.01. The second kappa shape index (κ2) is 4.75. The van der Waals surface area contributed by atoms with Gasteiger partial charge < -0.3 is 14.8 Å². The summed E-state index contributed by atoms with van der Waals surface area (Å²) in [6.07, 6.45) is 1.14. The summed E-state index contributed by atoms with van der Waals surface area (Å²) in [7, 11) is 0. The smallest absolute Gasteiger partial charge is 0.332 e. The summed E-state index contributed by atoms with van der Waals surface area (Å²) >= 11 is 0. The Morgan fingerprint density at radius 1 is 1.50 bits per heavy atom. The Labute approximate surface area is 85.0 Å². The second-order valence-electron chi connectivity index (χ2n) is 4.51. The summed E-state index contributed by atoms with van der Waals surface area (Å²) < 4.78 is 10.5. The third-order valence-corrected chi connectivity index (χ3v) is 1.87. The van der Waals surface area contributed by atoms with E-state index in [0.717, 1.165) is 19.5 Å². The van der Waals surface area contributed by atoms with Gasteiger partial charge in [-0.2, -0.15) is 0 Å². The average molecular weight is 201 g/mol. The largest absolute Gasteiger partial charge is 0.458 e. The SMILES string of the molecule is CC(C)(C)OC(=O)CO[C@H]1CCNC1. The summed E-state index contributed by atoms with van der Waals surface area (Å²) in [6, 6.07) is 0. The Morgan fingerprint density at radius 3 is 2.71 bits per heavy atom. The summed E-state index contributed by atoms with van der Waals surface area (Å²) in [5.41, 5.74) is -0.422. The van der Waals surface area contributed by atoms with Gasteiger partial charge in [-0.15, -0.1) is 0 Å². The van der Waals surface area contributed by atoms with Gasteiger partial charge in [0.2, 0.25) is 0 Å². The van der Waals surface area contributed by atoms with Crippen molar-refractivity contribution in [2.75, 3.05) is 19.7 Å². The predicted molar refractivity (Wildman–Crippen MR) is 53.1 cm³/mol. The zero-order valence-electron chi connectivity index (χ0n) is 9.13. The molecule has 1 heterocycles. The minimum atomic E-state index is -0.422. The normalized spacial score (nSPS) is 22.4. The van der Waals surface area contributed by atoms with Crippen LogP contribution in [0.25, 0.3) is 0 Å². The molecular weight excluding hydrogens is 182 g/mol. The Kier molecular flexibility index (Phi) is 3.89. The molecule has 4 heteroatoms. The van der Waals surface area contributed by atoms with Gasteiger partial charge in [-0.3, -0.25) is 0 Å². The number of ether oxygens (including phenoxy) is 2. The molecule has 0 amide bonds. The minimum Gasteiger partial charge on any atom is -0.458 e. The lowest BCUT2D eigenvalue weighted by Crippen LogP contribution is -2.28. The van der Waals surface area contributed by atoms with E-state index >= 15 is 0 Å². The Bertz CT molecular complexity index is 192. The second-order valence-corrected chi connectivity index (χ2v) is 4.51. The molecule has 0 aromatic rings. The van der Waals surface area contributed by atoms with Crippen LogP contribution in [0, 0.1) is 0 Å². The molecule has 0 aromatic carbocycles. The average Bonchev–Trinajstić information content (AvgIpc) is 2.49. The maximum Gasteiger partial charge on any atom is 0.332 e. The van der Waals surface area contributed by atoms with E-state index in [4.69, 9.17) is 9.47 Å². The van der Waals surface area contributed by atoms with Crippen molar-refractivity contribution in [1.82, 2.24) is 5.32 Å². The van der Waals surface area contributed by atoms with Crippen molar-refractivity contribution in [3.63, 3.8) is 0 Å². The first-order valence-corrected chi connectivity index (χ1v) is 5.01. The van der Waals surface area contributed by atoms with E-state index in [1.54, 1.807) is 0 Å². The van der Waals surface area contributed by atoms with Crippen molar-refractivity contribution < 1.29 is 14.3 Å². The molecule has 1 atom stereocenters. The molecule has 0 spiro atoms. The molecule has 1 N–H and O–H groups in total. The molecule has 82 valence electrons. The van der Waals surface area contributed by atoms with Crippen molar-refractivity contribution in [3.8, 4) is 0 Å². The fraction of sp³-hybridized carbons (Fsp3) is 0.900. The van der Waals surface area contributed by atoms with Gasteiger partial charge in [0, 0.05) is 6.54 Å². The highest BCUT2D eigenvalue weighted by molar-refractivity contribution is 5.71. The van der Waals surface area contributed by atoms with Gasteiger partial charge >= 0.3 is 5.97 Å². The van der Waals surface area contributed by atoms with Crippen LogP contribution in [-0.4, -0.2) is 37.4 Å². The predicted octanol–water partition coefficient (Wildman–Crippen LogP) is 0.707. The lowest BCUT2D eigenvalue weighted by molar-refractivity contribution is -0.161. The van der Waals surface area contributed by atoms with Gasteiger partial charge in [-0.1, -0.05) is 0 Å². The summed E-state index contributed by atoms with van der Waals surface area (Å²) in [5, 5.41) is 3.17. The molecule has 1 fully saturated rings. The molecule has 0 bridgehead atoms. The van der Waals surface area contributed by atoms with Crippen LogP contribution in [-0.2, 0) is 14.3 Å². The van der Waals surface area contributed by atoms with Gasteiger partial charge in [-0.25, -0.2) is 4.79 Å². The quantitative estimate of drug-likeness (QED) is 0.683. The van der Waals surface area contributed by atoms with Crippen molar-refractivity contribution in [3.05, 3.63) is 0 Å². The van der Waals surface area contributed by atoms with Crippen LogP contribution >= 0.6 is 0 Å². The molecule has 0 aliphatic carbocycles. The van der Waals surface area contributed by atoms with Gasteiger partial charge in [-0.05, 0) is 33.7 Å². The summed E-state index contributed by atoms with van der Waals surface area (Å²) in [4.78, 5) is 11.2. The molecule has 0 saturated carbocycles. The Hall–Kier alpha value is -0.610. The Balaban J connectivity index is 2.14. The third-order valence-electron chi connectivity index (χ3n) is 1.87. The van der Waals surface area contributed by atoms with Gasteiger partial charge in [0.1, 0.15) is 12.2 Å². The van der Waals surface area contributed by atoms with E-state index in [9.17, 15) is 4.79 Å². The van der Waals surface area contributed by atoms with Crippen LogP contribution in [0.1, 0.15) is 27.2 Å². The maximum absolute atomic E-state index is 11.2. The van der Waals surface area contributed by atoms with Crippen LogP contribution < -0.4 is 5.32 Å². The van der Waals surface area contributed by atoms with Crippen LogP contribution in [0.5, 0.6) is 0 Å². The van der Waals surface area contributed by atoms with Crippen LogP contribution in [0.3, 0.4) is 0 Å². The highest BCUT2D eigenvalue weighted by Crippen LogP contribution is 2.08. The van der Waals surface area contributed by atoms with E-state index in [1.807, 2.05) is 20.8 Å². The zero-order valence-corrected chi connectivity index (χ0v) is 9.13. The number of esters is 1. The van der Waals surface area contributed by atoms with Crippen molar-refractivity contribution in [2.24, 2.45) is 0 Å². The van der Waals surface area contributed by atoms with Crippen molar-refractivity contribution in [2.45, 2.75) is 38.9 Å². The highest BCUT2D eigenvalue weighted by atomic mass is 16.6. The first-order chi connectivity index (χ1) is 6.47. The van der Waals surface area contributed by atoms with Crippen molar-refractivity contribution >= 4 is 5.97 Å². The molecule has 0 aromatic heterocycles. The number of hydrogen-bond acceptors (Lipinski definition) is 4. The van der Waals surface area contributed by atoms with E-state index in [0.29, 0.717) is 0 Å². The van der Waals surface area contributed by atoms with Crippen LogP contribution in [0.15, 0.2) is 0 Å². The lowest BCUT2D eigenvalue weighted by Gasteiger charge is -2.20. The lowest BCUT2D eigenvalue weighted by atomic mass is 10.2. The molecule has 0 radical (unpaired) electrons. The monoisotopic (exact) mass is 201 g/mol.